The maximum absolute atomic E-state index is 14.3. The number of rotatable bonds is 5. The molecular weight excluding hydrogens is 366 g/mol. The molecule has 0 saturated heterocycles. The van der Waals surface area contributed by atoms with E-state index in [-0.39, 0.29) is 17.9 Å². The zero-order chi connectivity index (χ0) is 19.7. The summed E-state index contributed by atoms with van der Waals surface area (Å²) in [5, 5.41) is 3.06. The molecule has 3 aromatic rings. The topological polar surface area (TPSA) is 69.0 Å². The van der Waals surface area contributed by atoms with Crippen molar-refractivity contribution >= 4 is 5.95 Å². The number of nitrogens with one attached hydrogen (secondary N) is 1. The molecule has 0 amide bonds. The highest BCUT2D eigenvalue weighted by Gasteiger charge is 2.20. The Kier molecular flexibility index (Phi) is 4.77. The smallest absolute Gasteiger partial charge is 0.262 e. The molecule has 1 N–H and O–H groups in total. The largest absolute Gasteiger partial charge is 0.493 e. The van der Waals surface area contributed by atoms with Gasteiger partial charge in [-0.3, -0.25) is 9.36 Å². The van der Waals surface area contributed by atoms with Crippen molar-refractivity contribution in [1.82, 2.24) is 14.5 Å². The van der Waals surface area contributed by atoms with Crippen LogP contribution in [0, 0.1) is 11.8 Å². The van der Waals surface area contributed by atoms with E-state index in [0.717, 1.165) is 5.56 Å². The summed E-state index contributed by atoms with van der Waals surface area (Å²) < 4.78 is 34.3. The highest BCUT2D eigenvalue weighted by Crippen LogP contribution is 2.30. The third-order valence-electron chi connectivity index (χ3n) is 4.77. The first kappa shape index (κ1) is 18.1. The fraction of sp³-hybridized carbons (Fsp3) is 0.250. The minimum atomic E-state index is -0.618. The first-order valence-corrected chi connectivity index (χ1v) is 8.97. The van der Waals surface area contributed by atoms with Gasteiger partial charge in [-0.25, -0.2) is 14.4 Å². The Labute approximate surface area is 159 Å². The van der Waals surface area contributed by atoms with Crippen LogP contribution in [0.1, 0.15) is 18.1 Å². The van der Waals surface area contributed by atoms with Gasteiger partial charge in [0.25, 0.3) is 5.56 Å². The fourth-order valence-corrected chi connectivity index (χ4v) is 3.33. The normalized spacial score (nSPS) is 12.5. The standard InChI is InChI=1S/C20H18F2N4O2/c1-2-26-19(27)14(12-3-6-18(22)23-9-12)10-24-20(26)25-11-15-13-7-8-28-17(13)5-4-16(15)21/h3-6,9-10H,2,7-8,11H2,1H3,(H,24,25). The van der Waals surface area contributed by atoms with E-state index in [4.69, 9.17) is 4.74 Å². The van der Waals surface area contributed by atoms with Crippen molar-refractivity contribution in [1.29, 1.82) is 0 Å². The molecule has 144 valence electrons. The van der Waals surface area contributed by atoms with Gasteiger partial charge >= 0.3 is 0 Å². The number of benzene rings is 1. The van der Waals surface area contributed by atoms with Crippen LogP contribution in [0.15, 0.2) is 41.5 Å². The Morgan fingerprint density at radius 1 is 1.18 bits per heavy atom. The second-order valence-electron chi connectivity index (χ2n) is 6.37. The number of hydrogen-bond donors (Lipinski definition) is 1. The minimum absolute atomic E-state index is 0.183. The van der Waals surface area contributed by atoms with Crippen LogP contribution in [0.4, 0.5) is 14.7 Å². The zero-order valence-corrected chi connectivity index (χ0v) is 15.2. The highest BCUT2D eigenvalue weighted by molar-refractivity contribution is 5.61. The Morgan fingerprint density at radius 3 is 2.79 bits per heavy atom. The van der Waals surface area contributed by atoms with Crippen LogP contribution < -0.4 is 15.6 Å². The molecule has 0 unspecified atom stereocenters. The van der Waals surface area contributed by atoms with Crippen molar-refractivity contribution in [3.63, 3.8) is 0 Å². The van der Waals surface area contributed by atoms with E-state index >= 15 is 0 Å². The molecule has 0 atom stereocenters. The highest BCUT2D eigenvalue weighted by atomic mass is 19.1. The van der Waals surface area contributed by atoms with Gasteiger partial charge in [0, 0.05) is 48.6 Å². The molecule has 0 aliphatic carbocycles. The van der Waals surface area contributed by atoms with Gasteiger partial charge in [0.15, 0.2) is 0 Å². The number of ether oxygens (including phenoxy) is 1. The van der Waals surface area contributed by atoms with E-state index in [1.165, 1.54) is 35.2 Å². The maximum atomic E-state index is 14.3. The van der Waals surface area contributed by atoms with Gasteiger partial charge in [0.2, 0.25) is 11.9 Å². The lowest BCUT2D eigenvalue weighted by Gasteiger charge is -2.15. The van der Waals surface area contributed by atoms with Crippen LogP contribution in [0.25, 0.3) is 11.1 Å². The molecular formula is C20H18F2N4O2. The van der Waals surface area contributed by atoms with Gasteiger partial charge < -0.3 is 10.1 Å². The summed E-state index contributed by atoms with van der Waals surface area (Å²) in [6.45, 7) is 2.90. The SMILES string of the molecule is CCn1c(NCc2c(F)ccc3c2CCO3)ncc(-c2ccc(F)nc2)c1=O. The summed E-state index contributed by atoms with van der Waals surface area (Å²) in [7, 11) is 0. The van der Waals surface area contributed by atoms with Crippen LogP contribution in [0.2, 0.25) is 0 Å². The van der Waals surface area contributed by atoms with Crippen LogP contribution >= 0.6 is 0 Å². The molecule has 8 heteroatoms. The van der Waals surface area contributed by atoms with Gasteiger partial charge in [-0.2, -0.15) is 4.39 Å². The predicted molar refractivity (Wildman–Crippen MR) is 100 cm³/mol. The molecule has 6 nitrogen and oxygen atoms in total. The number of fused-ring (bicyclic) bond motifs is 1. The van der Waals surface area contributed by atoms with Gasteiger partial charge in [-0.05, 0) is 31.2 Å². The second kappa shape index (κ2) is 7.38. The Morgan fingerprint density at radius 2 is 2.04 bits per heavy atom. The lowest BCUT2D eigenvalue weighted by atomic mass is 10.0. The van der Waals surface area contributed by atoms with E-state index in [9.17, 15) is 13.6 Å². The number of hydrogen-bond acceptors (Lipinski definition) is 5. The Hall–Kier alpha value is -3.29. The zero-order valence-electron chi connectivity index (χ0n) is 15.2. The molecule has 0 spiro atoms. The average Bonchev–Trinajstić information content (AvgIpc) is 3.17. The number of anilines is 1. The van der Waals surface area contributed by atoms with E-state index in [2.05, 4.69) is 15.3 Å². The lowest BCUT2D eigenvalue weighted by molar-refractivity contribution is 0.356. The van der Waals surface area contributed by atoms with Crippen LogP contribution in [0.5, 0.6) is 5.75 Å². The second-order valence-corrected chi connectivity index (χ2v) is 6.37. The van der Waals surface area contributed by atoms with Gasteiger partial charge in [0.05, 0.1) is 12.2 Å². The summed E-state index contributed by atoms with van der Waals surface area (Å²) >= 11 is 0. The van der Waals surface area contributed by atoms with Crippen molar-refractivity contribution in [3.05, 3.63) is 69.9 Å². The number of nitrogens with zero attached hydrogens (tertiary/aromatic N) is 3. The summed E-state index contributed by atoms with van der Waals surface area (Å²) in [6, 6.07) is 5.69. The first-order chi connectivity index (χ1) is 13.6. The minimum Gasteiger partial charge on any atom is -0.493 e. The molecule has 1 aromatic carbocycles. The maximum Gasteiger partial charge on any atom is 0.262 e. The van der Waals surface area contributed by atoms with Gasteiger partial charge in [-0.15, -0.1) is 0 Å². The Balaban J connectivity index is 1.65. The first-order valence-electron chi connectivity index (χ1n) is 8.97. The van der Waals surface area contributed by atoms with Crippen LogP contribution in [-0.2, 0) is 19.5 Å². The molecule has 4 rings (SSSR count). The van der Waals surface area contributed by atoms with E-state index in [1.54, 1.807) is 6.07 Å². The Bertz CT molecular complexity index is 1080. The van der Waals surface area contributed by atoms with Crippen molar-refractivity contribution in [2.24, 2.45) is 0 Å². The van der Waals surface area contributed by atoms with Crippen molar-refractivity contribution in [3.8, 4) is 16.9 Å². The molecule has 2 aromatic heterocycles. The molecule has 28 heavy (non-hydrogen) atoms. The van der Waals surface area contributed by atoms with Gasteiger partial charge in [0.1, 0.15) is 11.6 Å². The van der Waals surface area contributed by atoms with E-state index in [0.29, 0.717) is 48.0 Å². The van der Waals surface area contributed by atoms with Crippen LogP contribution in [0.3, 0.4) is 0 Å². The van der Waals surface area contributed by atoms with Crippen LogP contribution in [-0.4, -0.2) is 21.1 Å². The number of aromatic nitrogens is 3. The number of pyridine rings is 1. The molecule has 0 bridgehead atoms. The third-order valence-corrected chi connectivity index (χ3v) is 4.77. The monoisotopic (exact) mass is 384 g/mol. The molecule has 0 radical (unpaired) electrons. The predicted octanol–water partition coefficient (Wildman–Crippen LogP) is 3.15. The van der Waals surface area contributed by atoms with Crippen molar-refractivity contribution < 1.29 is 13.5 Å². The molecule has 0 fully saturated rings. The molecule has 0 saturated carbocycles. The summed E-state index contributed by atoms with van der Waals surface area (Å²) in [4.78, 5) is 20.7. The molecule has 3 heterocycles. The lowest BCUT2D eigenvalue weighted by Crippen LogP contribution is -2.25. The van der Waals surface area contributed by atoms with E-state index in [1.807, 2.05) is 6.92 Å². The number of halogens is 2. The van der Waals surface area contributed by atoms with Crippen molar-refractivity contribution in [2.75, 3.05) is 11.9 Å². The van der Waals surface area contributed by atoms with Crippen molar-refractivity contribution in [2.45, 2.75) is 26.4 Å². The third kappa shape index (κ3) is 3.21. The van der Waals surface area contributed by atoms with Gasteiger partial charge in [-0.1, -0.05) is 0 Å². The molecule has 1 aliphatic heterocycles. The quantitative estimate of drug-likeness (QED) is 0.685. The summed E-state index contributed by atoms with van der Waals surface area (Å²) in [5.74, 6) is 0.0869. The van der Waals surface area contributed by atoms with E-state index < -0.39 is 5.95 Å². The average molecular weight is 384 g/mol. The molecule has 1 aliphatic rings. The summed E-state index contributed by atoms with van der Waals surface area (Å²) in [5.41, 5.74) is 1.87. The summed E-state index contributed by atoms with van der Waals surface area (Å²) in [6.07, 6.45) is 3.36. The fourth-order valence-electron chi connectivity index (χ4n) is 3.33.